The Balaban J connectivity index is 2.19. The average Bonchev–Trinajstić information content (AvgIpc) is 3.03. The van der Waals surface area contributed by atoms with Gasteiger partial charge in [-0.3, -0.25) is 9.36 Å². The van der Waals surface area contributed by atoms with Crippen LogP contribution in [0.3, 0.4) is 0 Å². The highest BCUT2D eigenvalue weighted by atomic mass is 16.6. The van der Waals surface area contributed by atoms with Crippen molar-refractivity contribution in [3.05, 3.63) is 12.7 Å². The van der Waals surface area contributed by atoms with Crippen LogP contribution in [0.1, 0.15) is 0 Å². The zero-order valence-corrected chi connectivity index (χ0v) is 10.7. The van der Waals surface area contributed by atoms with Crippen molar-refractivity contribution in [1.82, 2.24) is 19.5 Å². The van der Waals surface area contributed by atoms with Crippen molar-refractivity contribution >= 4 is 23.3 Å². The summed E-state index contributed by atoms with van der Waals surface area (Å²) >= 11 is 0. The van der Waals surface area contributed by atoms with Crippen LogP contribution in [-0.2, 0) is 15.3 Å². The van der Waals surface area contributed by atoms with Crippen molar-refractivity contribution in [2.24, 2.45) is 0 Å². The van der Waals surface area contributed by atoms with Crippen LogP contribution in [0.2, 0.25) is 0 Å². The number of aldehydes is 1. The maximum Gasteiger partial charge on any atom is 0.233 e. The highest BCUT2D eigenvalue weighted by Crippen LogP contribution is 2.36. The van der Waals surface area contributed by atoms with Crippen molar-refractivity contribution < 1.29 is 24.9 Å². The van der Waals surface area contributed by atoms with E-state index in [0.29, 0.717) is 6.29 Å². The van der Waals surface area contributed by atoms with Crippen LogP contribution in [-0.4, -0.2) is 66.0 Å². The molecule has 0 aromatic carbocycles. The quantitative estimate of drug-likeness (QED) is 0.445. The zero-order chi connectivity index (χ0) is 15.2. The second kappa shape index (κ2) is 4.70. The Bertz CT molecular complexity index is 691. The van der Waals surface area contributed by atoms with Crippen LogP contribution in [0.4, 0.5) is 5.82 Å². The Kier molecular flexibility index (Phi) is 3.10. The lowest BCUT2D eigenvalue weighted by Crippen LogP contribution is -2.46. The molecule has 2 aromatic heterocycles. The van der Waals surface area contributed by atoms with E-state index >= 15 is 0 Å². The third kappa shape index (κ3) is 1.74. The zero-order valence-electron chi connectivity index (χ0n) is 10.7. The second-order valence-electron chi connectivity index (χ2n) is 4.69. The minimum Gasteiger partial charge on any atom is -0.394 e. The Hall–Kier alpha value is -2.14. The summed E-state index contributed by atoms with van der Waals surface area (Å²) in [5.41, 5.74) is 4.12. The summed E-state index contributed by atoms with van der Waals surface area (Å²) in [7, 11) is 0. The molecule has 0 unspecified atom stereocenters. The second-order valence-corrected chi connectivity index (χ2v) is 4.69. The molecule has 1 saturated heterocycles. The molecular weight excluding hydrogens is 282 g/mol. The van der Waals surface area contributed by atoms with Gasteiger partial charge in [-0.25, -0.2) is 15.0 Å². The number of aromatic nitrogens is 4. The van der Waals surface area contributed by atoms with Crippen LogP contribution < -0.4 is 5.73 Å². The van der Waals surface area contributed by atoms with Gasteiger partial charge in [0.25, 0.3) is 0 Å². The molecule has 3 heterocycles. The summed E-state index contributed by atoms with van der Waals surface area (Å²) in [5, 5.41) is 29.2. The predicted molar refractivity (Wildman–Crippen MR) is 67.7 cm³/mol. The first-order valence-electron chi connectivity index (χ1n) is 6.10. The third-order valence-electron chi connectivity index (χ3n) is 3.56. The van der Waals surface area contributed by atoms with Crippen LogP contribution in [0.5, 0.6) is 0 Å². The Morgan fingerprint density at radius 1 is 1.43 bits per heavy atom. The molecule has 0 bridgehead atoms. The molecule has 2 aromatic rings. The highest BCUT2D eigenvalue weighted by molar-refractivity contribution is 5.82. The molecule has 112 valence electrons. The molecule has 4 atom stereocenters. The fourth-order valence-electron chi connectivity index (χ4n) is 2.44. The summed E-state index contributed by atoms with van der Waals surface area (Å²) in [6, 6.07) is 0. The lowest BCUT2D eigenvalue weighted by atomic mass is 10.0. The summed E-state index contributed by atoms with van der Waals surface area (Å²) in [5.74, 6) is 0.103. The van der Waals surface area contributed by atoms with Crippen LogP contribution in [0.25, 0.3) is 11.2 Å². The first-order valence-corrected chi connectivity index (χ1v) is 6.10. The molecule has 0 aliphatic carbocycles. The normalized spacial score (nSPS) is 32.6. The van der Waals surface area contributed by atoms with Gasteiger partial charge >= 0.3 is 0 Å². The maximum atomic E-state index is 11.6. The smallest absolute Gasteiger partial charge is 0.233 e. The minimum atomic E-state index is -1.94. The molecule has 0 spiro atoms. The molecule has 0 radical (unpaired) electrons. The summed E-state index contributed by atoms with van der Waals surface area (Å²) in [6.07, 6.45) is -1.43. The van der Waals surface area contributed by atoms with Crippen molar-refractivity contribution in [3.8, 4) is 0 Å². The van der Waals surface area contributed by atoms with E-state index in [9.17, 15) is 15.0 Å². The molecule has 21 heavy (non-hydrogen) atoms. The SMILES string of the molecule is Nc1ncnc2c1ncn2[C@]1(C=O)O[C@H](CO)[C@@H](O)[C@H]1O. The molecule has 1 aliphatic heterocycles. The van der Waals surface area contributed by atoms with Crippen LogP contribution in [0.15, 0.2) is 12.7 Å². The summed E-state index contributed by atoms with van der Waals surface area (Å²) in [6.45, 7) is -0.558. The lowest BCUT2D eigenvalue weighted by molar-refractivity contribution is -0.160. The number of aliphatic hydroxyl groups excluding tert-OH is 3. The van der Waals surface area contributed by atoms with E-state index in [1.54, 1.807) is 0 Å². The van der Waals surface area contributed by atoms with Gasteiger partial charge in [-0.05, 0) is 0 Å². The fourth-order valence-corrected chi connectivity index (χ4v) is 2.44. The topological polar surface area (TPSA) is 157 Å². The Morgan fingerprint density at radius 2 is 2.19 bits per heavy atom. The van der Waals surface area contributed by atoms with Gasteiger partial charge in [0.2, 0.25) is 5.72 Å². The predicted octanol–water partition coefficient (Wildman–Crippen LogP) is -2.63. The van der Waals surface area contributed by atoms with Gasteiger partial charge in [0, 0.05) is 0 Å². The first kappa shape index (κ1) is 13.8. The van der Waals surface area contributed by atoms with Gasteiger partial charge in [0.1, 0.15) is 36.5 Å². The standard InChI is InChI=1S/C11H13N5O5/c12-9-6-10(14-3-13-9)16(4-15-6)11(2-18)8(20)7(19)5(1-17)21-11/h2-5,7-8,17,19-20H,1H2,(H2,12,13,14)/t5-,7-,8-,11-/m1/s1. The van der Waals surface area contributed by atoms with E-state index in [2.05, 4.69) is 15.0 Å². The van der Waals surface area contributed by atoms with E-state index < -0.39 is 30.6 Å². The fraction of sp³-hybridized carbons (Fsp3) is 0.455. The van der Waals surface area contributed by atoms with Gasteiger partial charge in [0.05, 0.1) is 6.61 Å². The molecule has 10 heteroatoms. The van der Waals surface area contributed by atoms with Crippen LogP contribution >= 0.6 is 0 Å². The van der Waals surface area contributed by atoms with Gasteiger partial charge < -0.3 is 25.8 Å². The number of imidazole rings is 1. The van der Waals surface area contributed by atoms with Crippen molar-refractivity contribution in [3.63, 3.8) is 0 Å². The number of carbonyl (C=O) groups is 1. The van der Waals surface area contributed by atoms with E-state index in [1.165, 1.54) is 12.7 Å². The number of rotatable bonds is 3. The molecule has 3 rings (SSSR count). The summed E-state index contributed by atoms with van der Waals surface area (Å²) in [4.78, 5) is 23.3. The van der Waals surface area contributed by atoms with Crippen LogP contribution in [0, 0.1) is 0 Å². The largest absolute Gasteiger partial charge is 0.394 e. The number of nitrogens with two attached hydrogens (primary N) is 1. The number of hydrogen-bond donors (Lipinski definition) is 4. The van der Waals surface area contributed by atoms with Crippen molar-refractivity contribution in [2.75, 3.05) is 12.3 Å². The Morgan fingerprint density at radius 3 is 2.81 bits per heavy atom. The summed E-state index contributed by atoms with van der Waals surface area (Å²) < 4.78 is 6.53. The minimum absolute atomic E-state index is 0.103. The number of carbonyl (C=O) groups excluding carboxylic acids is 1. The van der Waals surface area contributed by atoms with E-state index in [0.717, 1.165) is 4.57 Å². The molecule has 1 fully saturated rings. The molecule has 5 N–H and O–H groups in total. The van der Waals surface area contributed by atoms with Gasteiger partial charge in [-0.2, -0.15) is 0 Å². The van der Waals surface area contributed by atoms with E-state index in [-0.39, 0.29) is 17.0 Å². The number of ether oxygens (including phenoxy) is 1. The number of aliphatic hydroxyl groups is 3. The molecule has 0 saturated carbocycles. The molecule has 1 aliphatic rings. The lowest BCUT2D eigenvalue weighted by Gasteiger charge is -2.27. The van der Waals surface area contributed by atoms with Gasteiger partial charge in [-0.1, -0.05) is 0 Å². The molecule has 10 nitrogen and oxygen atoms in total. The number of anilines is 1. The number of nitrogens with zero attached hydrogens (tertiary/aromatic N) is 4. The van der Waals surface area contributed by atoms with Crippen molar-refractivity contribution in [1.29, 1.82) is 0 Å². The molecule has 0 amide bonds. The Labute approximate surface area is 117 Å². The number of fused-ring (bicyclic) bond motifs is 1. The maximum absolute atomic E-state index is 11.6. The number of nitrogen functional groups attached to an aromatic ring is 1. The third-order valence-corrected chi connectivity index (χ3v) is 3.56. The van der Waals surface area contributed by atoms with E-state index in [1.807, 2.05) is 0 Å². The van der Waals surface area contributed by atoms with Gasteiger partial charge in [0.15, 0.2) is 17.8 Å². The van der Waals surface area contributed by atoms with Crippen molar-refractivity contribution in [2.45, 2.75) is 24.0 Å². The highest BCUT2D eigenvalue weighted by Gasteiger charge is 2.56. The monoisotopic (exact) mass is 295 g/mol. The van der Waals surface area contributed by atoms with E-state index in [4.69, 9.17) is 15.6 Å². The number of hydrogen-bond acceptors (Lipinski definition) is 9. The first-order chi connectivity index (χ1) is 10.0. The van der Waals surface area contributed by atoms with Gasteiger partial charge in [-0.15, -0.1) is 0 Å². The average molecular weight is 295 g/mol. The molecular formula is C11H13N5O5.